The maximum absolute atomic E-state index is 12.3. The number of rotatable bonds is 6. The first-order valence-corrected chi connectivity index (χ1v) is 7.05. The van der Waals surface area contributed by atoms with Crippen LogP contribution in [0.5, 0.6) is 5.75 Å². The number of carbonyl (C=O) groups excluding carboxylic acids is 2. The predicted octanol–water partition coefficient (Wildman–Crippen LogP) is 3.00. The molecule has 0 atom stereocenters. The van der Waals surface area contributed by atoms with E-state index in [9.17, 15) is 18.4 Å². The summed E-state index contributed by atoms with van der Waals surface area (Å²) in [6.07, 6.45) is 2.14. The minimum absolute atomic E-state index is 0.156. The van der Waals surface area contributed by atoms with E-state index in [4.69, 9.17) is 0 Å². The number of urea groups is 1. The van der Waals surface area contributed by atoms with Crippen molar-refractivity contribution < 1.29 is 27.8 Å². The Labute approximate surface area is 132 Å². The van der Waals surface area contributed by atoms with Gasteiger partial charge in [0.1, 0.15) is 11.3 Å². The van der Waals surface area contributed by atoms with Gasteiger partial charge in [0.2, 0.25) is 0 Å². The van der Waals surface area contributed by atoms with Crippen molar-refractivity contribution in [2.24, 2.45) is 5.41 Å². The van der Waals surface area contributed by atoms with Crippen molar-refractivity contribution in [1.82, 2.24) is 5.32 Å². The number of ether oxygens (including phenoxy) is 2. The molecular weight excluding hydrogens is 310 g/mol. The van der Waals surface area contributed by atoms with Gasteiger partial charge in [-0.1, -0.05) is 6.92 Å². The molecule has 0 spiro atoms. The van der Waals surface area contributed by atoms with Gasteiger partial charge in [-0.2, -0.15) is 8.78 Å². The van der Waals surface area contributed by atoms with Gasteiger partial charge in [-0.25, -0.2) is 9.59 Å². The number of benzene rings is 1. The molecule has 6 nitrogen and oxygen atoms in total. The van der Waals surface area contributed by atoms with Gasteiger partial charge in [0.25, 0.3) is 0 Å². The Morgan fingerprint density at radius 1 is 1.35 bits per heavy atom. The zero-order valence-corrected chi connectivity index (χ0v) is 12.8. The van der Waals surface area contributed by atoms with Crippen LogP contribution in [-0.2, 0) is 4.74 Å². The van der Waals surface area contributed by atoms with E-state index in [1.807, 2.05) is 0 Å². The molecule has 2 N–H and O–H groups in total. The highest BCUT2D eigenvalue weighted by atomic mass is 19.3. The highest BCUT2D eigenvalue weighted by molar-refractivity contribution is 5.96. The van der Waals surface area contributed by atoms with Crippen molar-refractivity contribution in [1.29, 1.82) is 0 Å². The van der Waals surface area contributed by atoms with Crippen molar-refractivity contribution in [3.8, 4) is 5.75 Å². The lowest BCUT2D eigenvalue weighted by Gasteiger charge is -2.13. The van der Waals surface area contributed by atoms with Crippen molar-refractivity contribution in [2.45, 2.75) is 26.4 Å². The fraction of sp³-hybridized carbons (Fsp3) is 0.467. The highest BCUT2D eigenvalue weighted by Gasteiger charge is 2.37. The van der Waals surface area contributed by atoms with E-state index in [1.54, 1.807) is 0 Å². The van der Waals surface area contributed by atoms with Crippen LogP contribution in [0.15, 0.2) is 18.2 Å². The van der Waals surface area contributed by atoms with Crippen molar-refractivity contribution in [2.75, 3.05) is 19.0 Å². The molecule has 0 radical (unpaired) electrons. The van der Waals surface area contributed by atoms with Crippen molar-refractivity contribution in [3.63, 3.8) is 0 Å². The molecule has 1 saturated carbocycles. The highest BCUT2D eigenvalue weighted by Crippen LogP contribution is 2.44. The third-order valence-corrected chi connectivity index (χ3v) is 3.64. The summed E-state index contributed by atoms with van der Waals surface area (Å²) in [5.41, 5.74) is 0.231. The second kappa shape index (κ2) is 6.80. The van der Waals surface area contributed by atoms with Gasteiger partial charge < -0.3 is 20.1 Å². The minimum Gasteiger partial charge on any atom is -0.465 e. The van der Waals surface area contributed by atoms with Crippen LogP contribution in [0.3, 0.4) is 0 Å². The molecule has 23 heavy (non-hydrogen) atoms. The smallest absolute Gasteiger partial charge is 0.387 e. The summed E-state index contributed by atoms with van der Waals surface area (Å²) in [7, 11) is 1.12. The van der Waals surface area contributed by atoms with Crippen LogP contribution in [0.4, 0.5) is 19.3 Å². The summed E-state index contributed by atoms with van der Waals surface area (Å²) in [5.74, 6) is -1.15. The van der Waals surface area contributed by atoms with Crippen LogP contribution in [0.1, 0.15) is 30.1 Å². The second-order valence-electron chi connectivity index (χ2n) is 5.70. The van der Waals surface area contributed by atoms with Crippen LogP contribution in [-0.4, -0.2) is 32.3 Å². The molecule has 1 aliphatic carbocycles. The number of esters is 1. The third kappa shape index (κ3) is 4.80. The van der Waals surface area contributed by atoms with Gasteiger partial charge in [0.15, 0.2) is 0 Å². The zero-order valence-electron chi connectivity index (χ0n) is 12.8. The fourth-order valence-electron chi connectivity index (χ4n) is 1.94. The standard InChI is InChI=1S/C15H18F2N2O4/c1-15(5-6-15)8-18-14(21)19-9-3-4-11(23-13(16)17)10(7-9)12(20)22-2/h3-4,7,13H,5-6,8H2,1-2H3,(H2,18,19,21). The Morgan fingerprint density at radius 3 is 2.61 bits per heavy atom. The summed E-state index contributed by atoms with van der Waals surface area (Å²) in [4.78, 5) is 23.5. The Bertz CT molecular complexity index is 603. The quantitative estimate of drug-likeness (QED) is 0.787. The average molecular weight is 328 g/mol. The Hall–Kier alpha value is -2.38. The topological polar surface area (TPSA) is 76.7 Å². The Balaban J connectivity index is 2.06. The molecule has 0 aliphatic heterocycles. The minimum atomic E-state index is -3.07. The van der Waals surface area contributed by atoms with Crippen LogP contribution >= 0.6 is 0 Å². The monoisotopic (exact) mass is 328 g/mol. The van der Waals surface area contributed by atoms with E-state index in [0.29, 0.717) is 6.54 Å². The van der Waals surface area contributed by atoms with Crippen LogP contribution in [0.2, 0.25) is 0 Å². The van der Waals surface area contributed by atoms with E-state index >= 15 is 0 Å². The molecule has 126 valence electrons. The first-order valence-electron chi connectivity index (χ1n) is 7.05. The fourth-order valence-corrected chi connectivity index (χ4v) is 1.94. The van der Waals surface area contributed by atoms with Gasteiger partial charge in [0, 0.05) is 12.2 Å². The number of methoxy groups -OCH3 is 1. The van der Waals surface area contributed by atoms with E-state index in [-0.39, 0.29) is 22.4 Å². The molecule has 1 fully saturated rings. The Kier molecular flexibility index (Phi) is 5.02. The van der Waals surface area contributed by atoms with Crippen LogP contribution < -0.4 is 15.4 Å². The van der Waals surface area contributed by atoms with Gasteiger partial charge in [-0.05, 0) is 36.5 Å². The molecule has 1 aromatic rings. The van der Waals surface area contributed by atoms with E-state index < -0.39 is 18.6 Å². The van der Waals surface area contributed by atoms with E-state index in [0.717, 1.165) is 20.0 Å². The lowest BCUT2D eigenvalue weighted by molar-refractivity contribution is -0.0504. The normalized spacial score (nSPS) is 15.0. The molecule has 2 amide bonds. The molecule has 0 unspecified atom stereocenters. The van der Waals surface area contributed by atoms with Gasteiger partial charge in [-0.15, -0.1) is 0 Å². The molecule has 0 heterocycles. The largest absolute Gasteiger partial charge is 0.465 e. The van der Waals surface area contributed by atoms with Gasteiger partial charge in [-0.3, -0.25) is 0 Å². The molecule has 1 aromatic carbocycles. The Morgan fingerprint density at radius 2 is 2.04 bits per heavy atom. The lowest BCUT2D eigenvalue weighted by Crippen LogP contribution is -2.33. The maximum Gasteiger partial charge on any atom is 0.387 e. The predicted molar refractivity (Wildman–Crippen MR) is 78.8 cm³/mol. The third-order valence-electron chi connectivity index (χ3n) is 3.64. The summed E-state index contributed by atoms with van der Waals surface area (Å²) in [6, 6.07) is 3.33. The lowest BCUT2D eigenvalue weighted by atomic mass is 10.1. The number of hydrogen-bond donors (Lipinski definition) is 2. The molecule has 2 rings (SSSR count). The van der Waals surface area contributed by atoms with Crippen molar-refractivity contribution in [3.05, 3.63) is 23.8 Å². The number of halogens is 2. The van der Waals surface area contributed by atoms with Gasteiger partial charge in [0.05, 0.1) is 7.11 Å². The average Bonchev–Trinajstić information content (AvgIpc) is 3.24. The summed E-state index contributed by atoms with van der Waals surface area (Å²) in [5, 5.41) is 5.27. The molecular formula is C15H18F2N2O4. The summed E-state index contributed by atoms with van der Waals surface area (Å²) in [6.45, 7) is -0.450. The SMILES string of the molecule is COC(=O)c1cc(NC(=O)NCC2(C)CC2)ccc1OC(F)F. The number of hydrogen-bond acceptors (Lipinski definition) is 4. The number of alkyl halides is 2. The number of nitrogens with one attached hydrogen (secondary N) is 2. The summed E-state index contributed by atoms with van der Waals surface area (Å²) < 4.78 is 33.5. The number of carbonyl (C=O) groups is 2. The van der Waals surface area contributed by atoms with Gasteiger partial charge >= 0.3 is 18.6 Å². The maximum atomic E-state index is 12.3. The van der Waals surface area contributed by atoms with Crippen LogP contribution in [0.25, 0.3) is 0 Å². The first-order chi connectivity index (χ1) is 10.8. The number of anilines is 1. The van der Waals surface area contributed by atoms with Crippen LogP contribution in [0, 0.1) is 5.41 Å². The summed E-state index contributed by atoms with van der Waals surface area (Å²) >= 11 is 0. The second-order valence-corrected chi connectivity index (χ2v) is 5.70. The first kappa shape index (κ1) is 17.0. The zero-order chi connectivity index (χ0) is 17.0. The number of amides is 2. The molecule has 8 heteroatoms. The van der Waals surface area contributed by atoms with E-state index in [2.05, 4.69) is 27.0 Å². The molecule has 1 aliphatic rings. The van der Waals surface area contributed by atoms with Crippen molar-refractivity contribution >= 4 is 17.7 Å². The molecule has 0 aromatic heterocycles. The molecule has 0 bridgehead atoms. The molecule has 0 saturated heterocycles. The van der Waals surface area contributed by atoms with E-state index in [1.165, 1.54) is 18.2 Å².